The third-order valence-electron chi connectivity index (χ3n) is 3.87. The lowest BCUT2D eigenvalue weighted by Gasteiger charge is -2.00. The lowest BCUT2D eigenvalue weighted by molar-refractivity contribution is 0.563. The van der Waals surface area contributed by atoms with Gasteiger partial charge in [-0.25, -0.2) is 9.78 Å². The minimum atomic E-state index is -0.481. The highest BCUT2D eigenvalue weighted by atomic mass is 35.5. The number of anilines is 1. The fraction of sp³-hybridized carbons (Fsp3) is 0. The monoisotopic (exact) mass is 406 g/mol. The highest BCUT2D eigenvalue weighted by Crippen LogP contribution is 2.23. The SMILES string of the molecule is N#CC(=NNc1ccc(Cl)cc1)c1nc(-c2cc3ccccc3oc2=O)cs1. The number of nitriles is 1. The molecule has 0 atom stereocenters. The first-order valence-electron chi connectivity index (χ1n) is 8.12. The predicted octanol–water partition coefficient (Wildman–Crippen LogP) is 4.91. The molecule has 0 aliphatic rings. The minimum absolute atomic E-state index is 0.108. The lowest BCUT2D eigenvalue weighted by atomic mass is 10.1. The molecule has 0 saturated heterocycles. The number of benzene rings is 2. The van der Waals surface area contributed by atoms with Gasteiger partial charge in [0.05, 0.1) is 16.9 Å². The second kappa shape index (κ2) is 7.64. The van der Waals surface area contributed by atoms with Gasteiger partial charge in [-0.15, -0.1) is 11.3 Å². The Morgan fingerprint density at radius 2 is 2.00 bits per heavy atom. The Morgan fingerprint density at radius 1 is 1.21 bits per heavy atom. The Morgan fingerprint density at radius 3 is 2.79 bits per heavy atom. The van der Waals surface area contributed by atoms with Crippen LogP contribution in [-0.4, -0.2) is 10.7 Å². The zero-order valence-electron chi connectivity index (χ0n) is 14.2. The standard InChI is InChI=1S/C20H11ClN4O2S/c21-13-5-7-14(8-6-13)24-25-16(10-22)19-23-17(11-28-19)15-9-12-3-1-2-4-18(12)27-20(15)26/h1-9,11,24H. The van der Waals surface area contributed by atoms with Crippen molar-refractivity contribution in [3.05, 3.63) is 80.4 Å². The molecule has 4 rings (SSSR count). The number of para-hydroxylation sites is 1. The molecule has 28 heavy (non-hydrogen) atoms. The molecule has 0 spiro atoms. The number of thiazole rings is 1. The first-order chi connectivity index (χ1) is 13.6. The van der Waals surface area contributed by atoms with E-state index in [1.807, 2.05) is 18.2 Å². The molecular formula is C20H11ClN4O2S. The molecule has 2 heterocycles. The molecule has 6 nitrogen and oxygen atoms in total. The van der Waals surface area contributed by atoms with Crippen LogP contribution in [0.2, 0.25) is 5.02 Å². The third-order valence-corrected chi connectivity index (χ3v) is 4.97. The molecule has 0 bridgehead atoms. The molecule has 0 saturated carbocycles. The summed E-state index contributed by atoms with van der Waals surface area (Å²) in [5.74, 6) is 0. The summed E-state index contributed by atoms with van der Waals surface area (Å²) >= 11 is 7.07. The first-order valence-corrected chi connectivity index (χ1v) is 9.38. The molecule has 2 aromatic carbocycles. The van der Waals surface area contributed by atoms with Crippen molar-refractivity contribution < 1.29 is 4.42 Å². The summed E-state index contributed by atoms with van der Waals surface area (Å²) in [5.41, 5.74) is 4.40. The van der Waals surface area contributed by atoms with E-state index >= 15 is 0 Å². The average molecular weight is 407 g/mol. The van der Waals surface area contributed by atoms with Crippen molar-refractivity contribution in [2.45, 2.75) is 0 Å². The van der Waals surface area contributed by atoms with E-state index in [2.05, 4.69) is 15.5 Å². The quantitative estimate of drug-likeness (QED) is 0.295. The second-order valence-electron chi connectivity index (χ2n) is 5.71. The summed E-state index contributed by atoms with van der Waals surface area (Å²) in [6, 6.07) is 17.9. The topological polar surface area (TPSA) is 91.3 Å². The number of hydrazone groups is 1. The summed E-state index contributed by atoms with van der Waals surface area (Å²) in [7, 11) is 0. The number of hydrogen-bond acceptors (Lipinski definition) is 7. The van der Waals surface area contributed by atoms with Gasteiger partial charge >= 0.3 is 5.63 Å². The van der Waals surface area contributed by atoms with Gasteiger partial charge < -0.3 is 4.42 Å². The zero-order valence-corrected chi connectivity index (χ0v) is 15.8. The van der Waals surface area contributed by atoms with Crippen LogP contribution in [0.5, 0.6) is 0 Å². The molecular weight excluding hydrogens is 396 g/mol. The van der Waals surface area contributed by atoms with Crippen LogP contribution in [0.15, 0.2) is 74.3 Å². The normalized spacial score (nSPS) is 11.4. The van der Waals surface area contributed by atoms with Crippen LogP contribution in [0.4, 0.5) is 5.69 Å². The van der Waals surface area contributed by atoms with E-state index in [0.29, 0.717) is 32.6 Å². The number of hydrogen-bond donors (Lipinski definition) is 1. The van der Waals surface area contributed by atoms with Gasteiger partial charge in [-0.1, -0.05) is 29.8 Å². The van der Waals surface area contributed by atoms with E-state index in [-0.39, 0.29) is 5.71 Å². The van der Waals surface area contributed by atoms with Crippen LogP contribution in [0.25, 0.3) is 22.2 Å². The van der Waals surface area contributed by atoms with Crippen molar-refractivity contribution >= 4 is 45.3 Å². The number of aromatic nitrogens is 1. The van der Waals surface area contributed by atoms with E-state index in [0.717, 1.165) is 5.39 Å². The highest BCUT2D eigenvalue weighted by Gasteiger charge is 2.14. The van der Waals surface area contributed by atoms with Crippen LogP contribution in [-0.2, 0) is 0 Å². The van der Waals surface area contributed by atoms with E-state index in [1.54, 1.807) is 47.8 Å². The molecule has 0 aliphatic heterocycles. The zero-order chi connectivity index (χ0) is 19.5. The number of nitrogens with one attached hydrogen (secondary N) is 1. The molecule has 1 N–H and O–H groups in total. The Balaban J connectivity index is 1.65. The highest BCUT2D eigenvalue weighted by molar-refractivity contribution is 7.12. The molecule has 0 radical (unpaired) electrons. The number of rotatable bonds is 4. The molecule has 2 aromatic heterocycles. The average Bonchev–Trinajstić information content (AvgIpc) is 3.19. The van der Waals surface area contributed by atoms with E-state index in [1.165, 1.54) is 11.3 Å². The van der Waals surface area contributed by atoms with Gasteiger partial charge in [0.1, 0.15) is 11.7 Å². The number of halogens is 1. The minimum Gasteiger partial charge on any atom is -0.422 e. The van der Waals surface area contributed by atoms with Gasteiger partial charge in [-0.3, -0.25) is 5.43 Å². The number of fused-ring (bicyclic) bond motifs is 1. The largest absolute Gasteiger partial charge is 0.422 e. The summed E-state index contributed by atoms with van der Waals surface area (Å²) in [6.45, 7) is 0. The van der Waals surface area contributed by atoms with Crippen LogP contribution in [0, 0.1) is 11.3 Å². The van der Waals surface area contributed by atoms with Gasteiger partial charge in [0.2, 0.25) is 0 Å². The maximum atomic E-state index is 12.3. The van der Waals surface area contributed by atoms with Crippen molar-refractivity contribution in [1.82, 2.24) is 4.98 Å². The summed E-state index contributed by atoms with van der Waals surface area (Å²) in [6.07, 6.45) is 0. The fourth-order valence-electron chi connectivity index (χ4n) is 2.51. The summed E-state index contributed by atoms with van der Waals surface area (Å²) in [4.78, 5) is 16.7. The Hall–Kier alpha value is -3.47. The van der Waals surface area contributed by atoms with Crippen LogP contribution in [0.1, 0.15) is 5.01 Å². The van der Waals surface area contributed by atoms with Crippen LogP contribution < -0.4 is 11.1 Å². The second-order valence-corrected chi connectivity index (χ2v) is 7.01. The molecule has 136 valence electrons. The first kappa shape index (κ1) is 17.9. The van der Waals surface area contributed by atoms with Gasteiger partial charge in [0.25, 0.3) is 0 Å². The smallest absolute Gasteiger partial charge is 0.345 e. The van der Waals surface area contributed by atoms with Crippen molar-refractivity contribution in [2.75, 3.05) is 5.43 Å². The van der Waals surface area contributed by atoms with E-state index in [9.17, 15) is 10.1 Å². The van der Waals surface area contributed by atoms with Crippen LogP contribution in [0.3, 0.4) is 0 Å². The van der Waals surface area contributed by atoms with Crippen LogP contribution >= 0.6 is 22.9 Å². The summed E-state index contributed by atoms with van der Waals surface area (Å²) < 4.78 is 5.35. The van der Waals surface area contributed by atoms with Gasteiger partial charge in [0, 0.05) is 15.8 Å². The van der Waals surface area contributed by atoms with Crippen molar-refractivity contribution in [3.8, 4) is 17.3 Å². The van der Waals surface area contributed by atoms with Crippen molar-refractivity contribution in [1.29, 1.82) is 5.26 Å². The van der Waals surface area contributed by atoms with Gasteiger partial charge in [-0.2, -0.15) is 10.4 Å². The molecule has 0 fully saturated rings. The van der Waals surface area contributed by atoms with E-state index in [4.69, 9.17) is 16.0 Å². The van der Waals surface area contributed by atoms with Gasteiger partial charge in [0.15, 0.2) is 10.7 Å². The molecule has 0 aliphatic carbocycles. The predicted molar refractivity (Wildman–Crippen MR) is 111 cm³/mol. The molecule has 0 unspecified atom stereocenters. The molecule has 4 aromatic rings. The Labute approximate surface area is 168 Å². The number of nitrogens with zero attached hydrogens (tertiary/aromatic N) is 3. The lowest BCUT2D eigenvalue weighted by Crippen LogP contribution is -2.04. The summed E-state index contributed by atoms with van der Waals surface area (Å²) in [5, 5.41) is 17.0. The maximum Gasteiger partial charge on any atom is 0.345 e. The van der Waals surface area contributed by atoms with Crippen molar-refractivity contribution in [2.24, 2.45) is 5.10 Å². The van der Waals surface area contributed by atoms with Crippen molar-refractivity contribution in [3.63, 3.8) is 0 Å². The molecule has 8 heteroatoms. The fourth-order valence-corrected chi connectivity index (χ4v) is 3.40. The molecule has 0 amide bonds. The maximum absolute atomic E-state index is 12.3. The van der Waals surface area contributed by atoms with Gasteiger partial charge in [-0.05, 0) is 36.4 Å². The Bertz CT molecular complexity index is 1290. The Kier molecular flexibility index (Phi) is 4.89. The van der Waals surface area contributed by atoms with E-state index < -0.39 is 5.63 Å². The third kappa shape index (κ3) is 3.64.